The van der Waals surface area contributed by atoms with Gasteiger partial charge in [0.05, 0.1) is 6.04 Å². The van der Waals surface area contributed by atoms with E-state index in [4.69, 9.17) is 0 Å². The molecule has 5 heteroatoms. The summed E-state index contributed by atoms with van der Waals surface area (Å²) < 4.78 is 14.4. The highest BCUT2D eigenvalue weighted by Crippen LogP contribution is 2.27. The molecule has 4 nitrogen and oxygen atoms in total. The largest absolute Gasteiger partial charge is 0.304 e. The Morgan fingerprint density at radius 1 is 1.56 bits per heavy atom. The number of nitrogens with one attached hydrogen (secondary N) is 1. The maximum atomic E-state index is 12.4. The molecule has 16 heavy (non-hydrogen) atoms. The molecule has 1 N–H and O–H groups in total. The number of aromatic nitrogens is 2. The summed E-state index contributed by atoms with van der Waals surface area (Å²) >= 11 is 0. The number of hydrogen-bond acceptors (Lipinski definition) is 3. The molecule has 2 heterocycles. The molecule has 0 aromatic carbocycles. The average Bonchev–Trinajstić information content (AvgIpc) is 2.82. The van der Waals surface area contributed by atoms with Gasteiger partial charge in [-0.2, -0.15) is 5.10 Å². The molecule has 0 aliphatic carbocycles. The highest BCUT2D eigenvalue weighted by molar-refractivity contribution is 5.34. The van der Waals surface area contributed by atoms with E-state index in [-0.39, 0.29) is 0 Å². The summed E-state index contributed by atoms with van der Waals surface area (Å²) in [5, 5.41) is 4.27. The van der Waals surface area contributed by atoms with Crippen molar-refractivity contribution in [1.29, 1.82) is 0 Å². The second-order valence-corrected chi connectivity index (χ2v) is 4.85. The number of rotatable bonds is 3. The molecular formula is C11H19FN4. The fourth-order valence-electron chi connectivity index (χ4n) is 2.29. The monoisotopic (exact) mass is 226 g/mol. The van der Waals surface area contributed by atoms with Crippen LogP contribution in [0.1, 0.15) is 37.9 Å². The number of nitrogens with zero attached hydrogens (tertiary/aromatic N) is 3. The van der Waals surface area contributed by atoms with Crippen LogP contribution in [0.15, 0.2) is 6.07 Å². The van der Waals surface area contributed by atoms with E-state index >= 15 is 0 Å². The van der Waals surface area contributed by atoms with Crippen LogP contribution in [0.2, 0.25) is 0 Å². The van der Waals surface area contributed by atoms with Gasteiger partial charge in [-0.1, -0.05) is 13.8 Å². The van der Waals surface area contributed by atoms with Gasteiger partial charge in [0.15, 0.2) is 5.82 Å². The molecule has 1 fully saturated rings. The molecule has 1 aromatic rings. The molecule has 0 amide bonds. The second kappa shape index (κ2) is 4.41. The number of anilines is 1. The van der Waals surface area contributed by atoms with Gasteiger partial charge in [-0.25, -0.2) is 5.54 Å². The minimum Gasteiger partial charge on any atom is -0.304 e. The normalized spacial score (nSPS) is 21.9. The van der Waals surface area contributed by atoms with E-state index in [0.29, 0.717) is 17.8 Å². The van der Waals surface area contributed by atoms with Crippen molar-refractivity contribution in [2.75, 3.05) is 25.7 Å². The summed E-state index contributed by atoms with van der Waals surface area (Å²) in [5.74, 6) is 0.679. The highest BCUT2D eigenvalue weighted by atomic mass is 19.2. The Kier molecular flexibility index (Phi) is 3.14. The minimum absolute atomic E-state index is 0.318. The van der Waals surface area contributed by atoms with Crippen LogP contribution >= 0.6 is 0 Å². The molecular weight excluding hydrogens is 207 g/mol. The van der Waals surface area contributed by atoms with Crippen molar-refractivity contribution in [2.45, 2.75) is 32.2 Å². The fraction of sp³-hybridized carbons (Fsp3) is 0.727. The summed E-state index contributed by atoms with van der Waals surface area (Å²) in [6.07, 6.45) is 1.09. The summed E-state index contributed by atoms with van der Waals surface area (Å²) in [4.78, 5) is 2.28. The van der Waals surface area contributed by atoms with Gasteiger partial charge in [0, 0.05) is 18.3 Å². The number of hydrogen-bond donors (Lipinski definition) is 1. The molecule has 0 spiro atoms. The Hall–Kier alpha value is -1.10. The van der Waals surface area contributed by atoms with Crippen LogP contribution < -0.4 is 5.54 Å². The Labute approximate surface area is 95.4 Å². The van der Waals surface area contributed by atoms with Crippen molar-refractivity contribution in [1.82, 2.24) is 14.7 Å². The number of halogens is 1. The van der Waals surface area contributed by atoms with E-state index in [0.717, 1.165) is 25.2 Å². The molecule has 0 saturated carbocycles. The average molecular weight is 226 g/mol. The van der Waals surface area contributed by atoms with Crippen molar-refractivity contribution < 1.29 is 4.48 Å². The standard InChI is InChI=1S/C11H19FN4/c1-8(2)10-6-11(13-12)14-16(10)9-4-5-15(3)7-9/h6,8-9H,4-5,7H2,1-3H3,(H,13,14). The zero-order chi connectivity index (χ0) is 11.7. The molecule has 0 bridgehead atoms. The maximum absolute atomic E-state index is 12.4. The van der Waals surface area contributed by atoms with E-state index in [1.165, 1.54) is 0 Å². The topological polar surface area (TPSA) is 33.1 Å². The van der Waals surface area contributed by atoms with Crippen LogP contribution in [0.5, 0.6) is 0 Å². The summed E-state index contributed by atoms with van der Waals surface area (Å²) in [6.45, 7) is 6.29. The van der Waals surface area contributed by atoms with Crippen LogP contribution in [0.4, 0.5) is 10.3 Å². The first-order valence-corrected chi connectivity index (χ1v) is 5.76. The SMILES string of the molecule is CC(C)c1cc(NF)nn1C1CCN(C)C1. The summed E-state index contributed by atoms with van der Waals surface area (Å²) in [6, 6.07) is 2.17. The summed E-state index contributed by atoms with van der Waals surface area (Å²) in [5.41, 5.74) is 2.73. The van der Waals surface area contributed by atoms with Gasteiger partial charge in [0.2, 0.25) is 0 Å². The van der Waals surface area contributed by atoms with Gasteiger partial charge in [0.25, 0.3) is 0 Å². The molecule has 2 rings (SSSR count). The quantitative estimate of drug-likeness (QED) is 0.802. The first-order chi connectivity index (χ1) is 7.61. The van der Waals surface area contributed by atoms with Gasteiger partial charge >= 0.3 is 0 Å². The lowest BCUT2D eigenvalue weighted by atomic mass is 10.1. The van der Waals surface area contributed by atoms with Crippen LogP contribution in [0.3, 0.4) is 0 Å². The molecule has 1 aromatic heterocycles. The number of likely N-dealkylation sites (tertiary alicyclic amines) is 1. The zero-order valence-electron chi connectivity index (χ0n) is 10.1. The molecule has 1 aliphatic heterocycles. The minimum atomic E-state index is 0.318. The molecule has 90 valence electrons. The summed E-state index contributed by atoms with van der Waals surface area (Å²) in [7, 11) is 2.10. The Balaban J connectivity index is 2.27. The van der Waals surface area contributed by atoms with E-state index in [1.807, 2.05) is 4.68 Å². The third-order valence-corrected chi connectivity index (χ3v) is 3.17. The fourth-order valence-corrected chi connectivity index (χ4v) is 2.29. The predicted molar refractivity (Wildman–Crippen MR) is 62.2 cm³/mol. The van der Waals surface area contributed by atoms with E-state index in [9.17, 15) is 4.48 Å². The van der Waals surface area contributed by atoms with Gasteiger partial charge in [0.1, 0.15) is 0 Å². The zero-order valence-corrected chi connectivity index (χ0v) is 10.1. The first-order valence-electron chi connectivity index (χ1n) is 5.76. The Morgan fingerprint density at radius 2 is 2.31 bits per heavy atom. The van der Waals surface area contributed by atoms with Crippen molar-refractivity contribution >= 4 is 5.82 Å². The van der Waals surface area contributed by atoms with Gasteiger partial charge in [-0.3, -0.25) is 4.68 Å². The smallest absolute Gasteiger partial charge is 0.176 e. The molecule has 1 saturated heterocycles. The third kappa shape index (κ3) is 2.04. The lowest BCUT2D eigenvalue weighted by molar-refractivity contribution is 0.375. The predicted octanol–water partition coefficient (Wildman–Crippen LogP) is 2.18. The van der Waals surface area contributed by atoms with Gasteiger partial charge < -0.3 is 4.90 Å². The Bertz CT molecular complexity index is 361. The van der Waals surface area contributed by atoms with Crippen molar-refractivity contribution in [3.8, 4) is 0 Å². The van der Waals surface area contributed by atoms with E-state index < -0.39 is 0 Å². The second-order valence-electron chi connectivity index (χ2n) is 4.85. The van der Waals surface area contributed by atoms with Crippen molar-refractivity contribution in [3.05, 3.63) is 11.8 Å². The van der Waals surface area contributed by atoms with Crippen LogP contribution in [-0.4, -0.2) is 34.8 Å². The van der Waals surface area contributed by atoms with Crippen molar-refractivity contribution in [3.63, 3.8) is 0 Å². The van der Waals surface area contributed by atoms with Crippen LogP contribution in [-0.2, 0) is 0 Å². The first kappa shape index (κ1) is 11.4. The lowest BCUT2D eigenvalue weighted by Crippen LogP contribution is -2.19. The molecule has 0 radical (unpaired) electrons. The maximum Gasteiger partial charge on any atom is 0.176 e. The highest BCUT2D eigenvalue weighted by Gasteiger charge is 2.25. The van der Waals surface area contributed by atoms with Crippen LogP contribution in [0.25, 0.3) is 0 Å². The Morgan fingerprint density at radius 3 is 2.81 bits per heavy atom. The van der Waals surface area contributed by atoms with Gasteiger partial charge in [-0.15, -0.1) is 4.48 Å². The van der Waals surface area contributed by atoms with Crippen molar-refractivity contribution in [2.24, 2.45) is 0 Å². The molecule has 1 atom stereocenters. The lowest BCUT2D eigenvalue weighted by Gasteiger charge is -2.16. The third-order valence-electron chi connectivity index (χ3n) is 3.17. The van der Waals surface area contributed by atoms with E-state index in [2.05, 4.69) is 30.9 Å². The van der Waals surface area contributed by atoms with E-state index in [1.54, 1.807) is 11.6 Å². The van der Waals surface area contributed by atoms with Gasteiger partial charge in [-0.05, 0) is 25.9 Å². The number of likely N-dealkylation sites (N-methyl/N-ethyl adjacent to an activating group) is 1. The molecule has 1 aliphatic rings. The molecule has 1 unspecified atom stereocenters. The van der Waals surface area contributed by atoms with Crippen LogP contribution in [0, 0.1) is 0 Å².